The molecule has 0 bridgehead atoms. The molecule has 3 rings (SSSR count). The Hall–Kier alpha value is -1.73. The summed E-state index contributed by atoms with van der Waals surface area (Å²) < 4.78 is 5.15. The number of likely N-dealkylation sites (tertiary alicyclic amines) is 1. The van der Waals surface area contributed by atoms with Gasteiger partial charge in [0.25, 0.3) is 5.91 Å². The van der Waals surface area contributed by atoms with E-state index in [-0.39, 0.29) is 5.91 Å². The highest BCUT2D eigenvalue weighted by Gasteiger charge is 2.29. The van der Waals surface area contributed by atoms with Crippen LogP contribution in [0.1, 0.15) is 16.1 Å². The average Bonchev–Trinajstić information content (AvgIpc) is 3.05. The Labute approximate surface area is 120 Å². The maximum Gasteiger partial charge on any atom is 0.266 e. The summed E-state index contributed by atoms with van der Waals surface area (Å²) in [7, 11) is 1.69. The predicted molar refractivity (Wildman–Crippen MR) is 77.7 cm³/mol. The van der Waals surface area contributed by atoms with Crippen molar-refractivity contribution >= 4 is 33.1 Å². The Morgan fingerprint density at radius 2 is 2.50 bits per heavy atom. The molecular formula is C13H16N4O2S. The lowest BCUT2D eigenvalue weighted by molar-refractivity contribution is 0.0781. The Kier molecular flexibility index (Phi) is 3.54. The van der Waals surface area contributed by atoms with Gasteiger partial charge >= 0.3 is 0 Å². The molecule has 0 aromatic carbocycles. The molecule has 1 amide bonds. The molecule has 1 fully saturated rings. The number of rotatable bonds is 3. The summed E-state index contributed by atoms with van der Waals surface area (Å²) in [5.41, 5.74) is 6.59. The number of aromatic nitrogens is 2. The molecule has 0 radical (unpaired) electrons. The third-order valence-corrected chi connectivity index (χ3v) is 4.68. The lowest BCUT2D eigenvalue weighted by Crippen LogP contribution is -2.29. The smallest absolute Gasteiger partial charge is 0.266 e. The number of carbonyl (C=O) groups excluding carboxylic acids is 1. The molecule has 3 heterocycles. The molecule has 1 saturated heterocycles. The van der Waals surface area contributed by atoms with Crippen molar-refractivity contribution in [2.24, 2.45) is 5.92 Å². The van der Waals surface area contributed by atoms with Gasteiger partial charge in [0, 0.05) is 31.5 Å². The van der Waals surface area contributed by atoms with Crippen LogP contribution in [-0.4, -0.2) is 47.8 Å². The van der Waals surface area contributed by atoms with Crippen LogP contribution < -0.4 is 5.73 Å². The molecule has 106 valence electrons. The minimum absolute atomic E-state index is 0.0101. The van der Waals surface area contributed by atoms with E-state index in [1.807, 2.05) is 4.90 Å². The van der Waals surface area contributed by atoms with Gasteiger partial charge < -0.3 is 15.4 Å². The zero-order chi connectivity index (χ0) is 14.1. The lowest BCUT2D eigenvalue weighted by Gasteiger charge is -2.15. The summed E-state index contributed by atoms with van der Waals surface area (Å²) >= 11 is 1.31. The van der Waals surface area contributed by atoms with E-state index in [2.05, 4.69) is 10.2 Å². The highest BCUT2D eigenvalue weighted by Crippen LogP contribution is 2.33. The van der Waals surface area contributed by atoms with Crippen molar-refractivity contribution in [2.75, 3.05) is 32.5 Å². The van der Waals surface area contributed by atoms with E-state index in [0.29, 0.717) is 27.9 Å². The van der Waals surface area contributed by atoms with Crippen LogP contribution in [-0.2, 0) is 4.74 Å². The molecule has 2 N–H and O–H groups in total. The van der Waals surface area contributed by atoms with Crippen molar-refractivity contribution < 1.29 is 9.53 Å². The van der Waals surface area contributed by atoms with E-state index in [0.717, 1.165) is 24.9 Å². The lowest BCUT2D eigenvalue weighted by atomic mass is 10.1. The van der Waals surface area contributed by atoms with E-state index in [9.17, 15) is 4.79 Å². The van der Waals surface area contributed by atoms with Gasteiger partial charge in [0.15, 0.2) is 0 Å². The maximum atomic E-state index is 12.6. The van der Waals surface area contributed by atoms with Gasteiger partial charge in [0.1, 0.15) is 9.71 Å². The summed E-state index contributed by atoms with van der Waals surface area (Å²) in [6.07, 6.45) is 2.56. The zero-order valence-corrected chi connectivity index (χ0v) is 12.0. The number of methoxy groups -OCH3 is 1. The summed E-state index contributed by atoms with van der Waals surface area (Å²) in [6.45, 7) is 2.18. The van der Waals surface area contributed by atoms with Gasteiger partial charge in [-0.15, -0.1) is 16.4 Å². The van der Waals surface area contributed by atoms with Gasteiger partial charge in [-0.25, -0.2) is 0 Å². The molecule has 2 aromatic heterocycles. The fourth-order valence-electron chi connectivity index (χ4n) is 2.56. The van der Waals surface area contributed by atoms with E-state index in [1.165, 1.54) is 11.3 Å². The molecule has 7 heteroatoms. The Morgan fingerprint density at radius 1 is 1.65 bits per heavy atom. The van der Waals surface area contributed by atoms with Gasteiger partial charge in [-0.2, -0.15) is 5.10 Å². The number of fused-ring (bicyclic) bond motifs is 1. The van der Waals surface area contributed by atoms with E-state index < -0.39 is 0 Å². The molecule has 0 saturated carbocycles. The van der Waals surface area contributed by atoms with E-state index in [1.54, 1.807) is 19.4 Å². The molecule has 1 unspecified atom stereocenters. The fraction of sp³-hybridized carbons (Fsp3) is 0.462. The molecular weight excluding hydrogens is 276 g/mol. The largest absolute Gasteiger partial charge is 0.397 e. The molecule has 1 aliphatic rings. The van der Waals surface area contributed by atoms with E-state index >= 15 is 0 Å². The molecule has 2 aromatic rings. The van der Waals surface area contributed by atoms with Crippen LogP contribution in [0.4, 0.5) is 5.69 Å². The van der Waals surface area contributed by atoms with Gasteiger partial charge in [-0.3, -0.25) is 4.79 Å². The fourth-order valence-corrected chi connectivity index (χ4v) is 3.57. The van der Waals surface area contributed by atoms with Crippen molar-refractivity contribution in [1.82, 2.24) is 15.1 Å². The number of ether oxygens (including phenoxy) is 1. The van der Waals surface area contributed by atoms with Crippen molar-refractivity contribution in [3.8, 4) is 0 Å². The van der Waals surface area contributed by atoms with Crippen molar-refractivity contribution in [1.29, 1.82) is 0 Å². The number of thiophene rings is 1. The first-order chi connectivity index (χ1) is 9.70. The first kappa shape index (κ1) is 13.3. The minimum atomic E-state index is -0.0101. The second-order valence-corrected chi connectivity index (χ2v) is 5.96. The van der Waals surface area contributed by atoms with Gasteiger partial charge in [-0.1, -0.05) is 0 Å². The van der Waals surface area contributed by atoms with Crippen molar-refractivity contribution in [3.05, 3.63) is 17.1 Å². The number of carbonyl (C=O) groups is 1. The molecule has 6 nitrogen and oxygen atoms in total. The first-order valence-electron chi connectivity index (χ1n) is 6.48. The number of nitrogens with two attached hydrogens (primary N) is 1. The average molecular weight is 292 g/mol. The third-order valence-electron chi connectivity index (χ3n) is 3.59. The molecule has 1 aliphatic heterocycles. The second kappa shape index (κ2) is 5.34. The molecule has 20 heavy (non-hydrogen) atoms. The van der Waals surface area contributed by atoms with Crippen LogP contribution in [0.25, 0.3) is 10.2 Å². The highest BCUT2D eigenvalue weighted by atomic mass is 32.1. The molecule has 1 atom stereocenters. The van der Waals surface area contributed by atoms with Crippen LogP contribution in [0.15, 0.2) is 12.3 Å². The minimum Gasteiger partial charge on any atom is -0.397 e. The topological polar surface area (TPSA) is 81.3 Å². The molecule has 0 spiro atoms. The summed E-state index contributed by atoms with van der Waals surface area (Å²) in [4.78, 5) is 15.7. The van der Waals surface area contributed by atoms with Crippen LogP contribution in [0.3, 0.4) is 0 Å². The summed E-state index contributed by atoms with van der Waals surface area (Å²) in [5, 5.41) is 8.64. The van der Waals surface area contributed by atoms with Crippen molar-refractivity contribution in [2.45, 2.75) is 6.42 Å². The monoisotopic (exact) mass is 292 g/mol. The highest BCUT2D eigenvalue weighted by molar-refractivity contribution is 7.21. The Balaban J connectivity index is 1.84. The number of hydrogen-bond acceptors (Lipinski definition) is 6. The number of hydrogen-bond donors (Lipinski definition) is 1. The second-order valence-electron chi connectivity index (χ2n) is 4.96. The number of nitrogen functional groups attached to an aromatic ring is 1. The predicted octanol–water partition coefficient (Wildman–Crippen LogP) is 1.38. The molecule has 0 aliphatic carbocycles. The van der Waals surface area contributed by atoms with Gasteiger partial charge in [0.2, 0.25) is 0 Å². The SMILES string of the molecule is COCC1CCN(C(=O)c2sc3nnccc3c2N)C1. The normalized spacial score (nSPS) is 18.9. The van der Waals surface area contributed by atoms with E-state index in [4.69, 9.17) is 10.5 Å². The third kappa shape index (κ3) is 2.23. The quantitative estimate of drug-likeness (QED) is 0.924. The Morgan fingerprint density at radius 3 is 3.25 bits per heavy atom. The maximum absolute atomic E-state index is 12.6. The van der Waals surface area contributed by atoms with Gasteiger partial charge in [0.05, 0.1) is 18.5 Å². The summed E-state index contributed by atoms with van der Waals surface area (Å²) in [5.74, 6) is 0.406. The van der Waals surface area contributed by atoms with Gasteiger partial charge in [-0.05, 0) is 12.5 Å². The number of amides is 1. The van der Waals surface area contributed by atoms with Crippen LogP contribution >= 0.6 is 11.3 Å². The number of nitrogens with zero attached hydrogens (tertiary/aromatic N) is 3. The van der Waals surface area contributed by atoms with Crippen LogP contribution in [0.5, 0.6) is 0 Å². The van der Waals surface area contributed by atoms with Crippen molar-refractivity contribution in [3.63, 3.8) is 0 Å². The zero-order valence-electron chi connectivity index (χ0n) is 11.2. The summed E-state index contributed by atoms with van der Waals surface area (Å²) in [6, 6.07) is 1.79. The number of anilines is 1. The van der Waals surface area contributed by atoms with Crippen LogP contribution in [0.2, 0.25) is 0 Å². The standard InChI is InChI=1S/C13H16N4O2S/c1-19-7-8-3-5-17(6-8)13(18)11-10(14)9-2-4-15-16-12(9)20-11/h2,4,8H,3,5-7,14H2,1H3. The Bertz CT molecular complexity index is 642. The van der Waals surface area contributed by atoms with Crippen LogP contribution in [0, 0.1) is 5.92 Å². The first-order valence-corrected chi connectivity index (χ1v) is 7.30.